The minimum absolute atomic E-state index is 0.517. The van der Waals surface area contributed by atoms with Gasteiger partial charge in [0.05, 0.1) is 8.80 Å². The van der Waals surface area contributed by atoms with Gasteiger partial charge in [0.1, 0.15) is 0 Å². The number of fused-ring (bicyclic) bond motifs is 1. The lowest BCUT2D eigenvalue weighted by Crippen LogP contribution is -2.19. The Kier molecular flexibility index (Phi) is 2.51. The number of aryl methyl sites for hydroxylation is 1. The first kappa shape index (κ1) is 10.3. The molecule has 1 aliphatic heterocycles. The highest BCUT2D eigenvalue weighted by molar-refractivity contribution is 6.62. The van der Waals surface area contributed by atoms with Crippen LogP contribution in [-0.4, -0.2) is 8.80 Å². The Morgan fingerprint density at radius 2 is 1.88 bits per heavy atom. The van der Waals surface area contributed by atoms with E-state index in [0.717, 1.165) is 5.54 Å². The van der Waals surface area contributed by atoms with Gasteiger partial charge in [0.15, 0.2) is 0 Å². The Labute approximate surface area is 100.0 Å². The van der Waals surface area contributed by atoms with Crippen LogP contribution in [0.25, 0.3) is 6.08 Å². The maximum Gasteiger partial charge on any atom is 0.0500 e. The van der Waals surface area contributed by atoms with Crippen LogP contribution < -0.4 is 0 Å². The van der Waals surface area contributed by atoms with E-state index in [9.17, 15) is 0 Å². The Balaban J connectivity index is 2.03. The number of rotatable bonds is 1. The van der Waals surface area contributed by atoms with Crippen molar-refractivity contribution < 1.29 is 0 Å². The van der Waals surface area contributed by atoms with Crippen molar-refractivity contribution in [3.05, 3.63) is 40.5 Å². The van der Waals surface area contributed by atoms with Crippen LogP contribution in [0.1, 0.15) is 42.0 Å². The highest BCUT2D eigenvalue weighted by Crippen LogP contribution is 2.43. The van der Waals surface area contributed by atoms with Crippen molar-refractivity contribution in [2.45, 2.75) is 44.3 Å². The molecule has 3 rings (SSSR count). The van der Waals surface area contributed by atoms with Crippen molar-refractivity contribution in [1.82, 2.24) is 0 Å². The lowest BCUT2D eigenvalue weighted by Gasteiger charge is -2.20. The summed E-state index contributed by atoms with van der Waals surface area (Å²) in [6.07, 6.45) is 5.46. The standard InChI is InChI=1S/C15H20Si/c1-11-6-5-7-13-14(11)10-12(2)15(13)16-8-3-4-9-16/h5-7,10,15-16H,3-4,8-9H2,1-2H3. The topological polar surface area (TPSA) is 0 Å². The van der Waals surface area contributed by atoms with Crippen molar-refractivity contribution in [3.63, 3.8) is 0 Å². The monoisotopic (exact) mass is 228 g/mol. The largest absolute Gasteiger partial charge is 0.0682 e. The molecular formula is C15H20Si. The molecule has 84 valence electrons. The third-order valence-electron chi connectivity index (χ3n) is 4.43. The summed E-state index contributed by atoms with van der Waals surface area (Å²) in [5, 5.41) is 0. The third-order valence-corrected chi connectivity index (χ3v) is 8.55. The van der Waals surface area contributed by atoms with Crippen molar-refractivity contribution in [1.29, 1.82) is 0 Å². The van der Waals surface area contributed by atoms with Gasteiger partial charge in [0.2, 0.25) is 0 Å². The smallest absolute Gasteiger partial charge is 0.0500 e. The molecule has 16 heavy (non-hydrogen) atoms. The predicted octanol–water partition coefficient (Wildman–Crippen LogP) is 4.06. The van der Waals surface area contributed by atoms with Gasteiger partial charge < -0.3 is 0 Å². The Morgan fingerprint density at radius 1 is 1.12 bits per heavy atom. The van der Waals surface area contributed by atoms with Crippen LogP contribution in [0.2, 0.25) is 12.1 Å². The summed E-state index contributed by atoms with van der Waals surface area (Å²) in [5.74, 6) is 0. The molecule has 1 aromatic rings. The van der Waals surface area contributed by atoms with Gasteiger partial charge >= 0.3 is 0 Å². The van der Waals surface area contributed by atoms with E-state index in [1.54, 1.807) is 28.8 Å². The second kappa shape index (κ2) is 3.88. The highest BCUT2D eigenvalue weighted by atomic mass is 28.3. The molecule has 0 saturated carbocycles. The lowest BCUT2D eigenvalue weighted by atomic mass is 10.0. The van der Waals surface area contributed by atoms with E-state index < -0.39 is 8.80 Å². The van der Waals surface area contributed by atoms with Gasteiger partial charge in [-0.3, -0.25) is 0 Å². The zero-order valence-corrected chi connectivity index (χ0v) is 11.4. The maximum absolute atomic E-state index is 2.46. The summed E-state index contributed by atoms with van der Waals surface area (Å²) >= 11 is 0. The van der Waals surface area contributed by atoms with Crippen molar-refractivity contribution in [3.8, 4) is 0 Å². The molecule has 1 unspecified atom stereocenters. The molecule has 0 radical (unpaired) electrons. The quantitative estimate of drug-likeness (QED) is 0.636. The molecule has 1 heteroatoms. The number of allylic oxidation sites excluding steroid dienone is 1. The first-order valence-corrected chi connectivity index (χ1v) is 8.85. The summed E-state index contributed by atoms with van der Waals surface area (Å²) in [6, 6.07) is 10.0. The molecule has 1 aromatic carbocycles. The summed E-state index contributed by atoms with van der Waals surface area (Å²) in [4.78, 5) is 0. The van der Waals surface area contributed by atoms with Crippen LogP contribution in [0, 0.1) is 6.92 Å². The molecule has 1 heterocycles. The van der Waals surface area contributed by atoms with Crippen molar-refractivity contribution >= 4 is 14.9 Å². The maximum atomic E-state index is 2.46. The lowest BCUT2D eigenvalue weighted by molar-refractivity contribution is 0.935. The molecular weight excluding hydrogens is 208 g/mol. The summed E-state index contributed by atoms with van der Waals surface area (Å²) in [5.41, 5.74) is 7.20. The Morgan fingerprint density at radius 3 is 2.62 bits per heavy atom. The van der Waals surface area contributed by atoms with E-state index in [1.165, 1.54) is 18.4 Å². The highest BCUT2D eigenvalue weighted by Gasteiger charge is 2.33. The molecule has 0 nitrogen and oxygen atoms in total. The van der Waals surface area contributed by atoms with Crippen molar-refractivity contribution in [2.75, 3.05) is 0 Å². The van der Waals surface area contributed by atoms with E-state index in [4.69, 9.17) is 0 Å². The van der Waals surface area contributed by atoms with Gasteiger partial charge in [-0.2, -0.15) is 0 Å². The molecule has 1 atom stereocenters. The normalized spacial score (nSPS) is 24.6. The van der Waals surface area contributed by atoms with Crippen LogP contribution >= 0.6 is 0 Å². The van der Waals surface area contributed by atoms with Crippen LogP contribution in [0.3, 0.4) is 0 Å². The number of hydrogen-bond donors (Lipinski definition) is 0. The number of benzene rings is 1. The second-order valence-electron chi connectivity index (χ2n) is 5.49. The Bertz CT molecular complexity index is 439. The fourth-order valence-corrected chi connectivity index (χ4v) is 7.87. The Hall–Kier alpha value is -0.823. The molecule has 1 saturated heterocycles. The van der Waals surface area contributed by atoms with Gasteiger partial charge in [-0.1, -0.05) is 54.8 Å². The first-order chi connectivity index (χ1) is 7.77. The molecule has 0 spiro atoms. The van der Waals surface area contributed by atoms with E-state index in [1.807, 2.05) is 0 Å². The van der Waals surface area contributed by atoms with Gasteiger partial charge in [-0.15, -0.1) is 0 Å². The second-order valence-corrected chi connectivity index (χ2v) is 8.83. The van der Waals surface area contributed by atoms with E-state index >= 15 is 0 Å². The van der Waals surface area contributed by atoms with Crippen LogP contribution in [0.15, 0.2) is 23.8 Å². The molecule has 2 aliphatic rings. The fraction of sp³-hybridized carbons (Fsp3) is 0.467. The van der Waals surface area contributed by atoms with Gasteiger partial charge in [0, 0.05) is 0 Å². The molecule has 0 bridgehead atoms. The number of hydrogen-bond acceptors (Lipinski definition) is 0. The summed E-state index contributed by atoms with van der Waals surface area (Å²) in [6.45, 7) is 4.61. The summed E-state index contributed by atoms with van der Waals surface area (Å²) in [7, 11) is -0.517. The van der Waals surface area contributed by atoms with E-state index in [2.05, 4.69) is 38.1 Å². The predicted molar refractivity (Wildman–Crippen MR) is 73.6 cm³/mol. The SMILES string of the molecule is CC1=Cc2c(C)cccc2C1[SiH]1CCCC1. The zero-order chi connectivity index (χ0) is 11.1. The molecule has 0 amide bonds. The molecule has 0 aromatic heterocycles. The summed E-state index contributed by atoms with van der Waals surface area (Å²) < 4.78 is 0. The fourth-order valence-electron chi connectivity index (χ4n) is 3.65. The van der Waals surface area contributed by atoms with Crippen LogP contribution in [-0.2, 0) is 0 Å². The zero-order valence-electron chi connectivity index (χ0n) is 10.3. The minimum Gasteiger partial charge on any atom is -0.0682 e. The minimum atomic E-state index is -0.517. The van der Waals surface area contributed by atoms with Crippen molar-refractivity contribution in [2.24, 2.45) is 0 Å². The first-order valence-electron chi connectivity index (χ1n) is 6.55. The van der Waals surface area contributed by atoms with Crippen LogP contribution in [0.5, 0.6) is 0 Å². The van der Waals surface area contributed by atoms with E-state index in [0.29, 0.717) is 0 Å². The molecule has 1 fully saturated rings. The molecule has 0 N–H and O–H groups in total. The molecule has 1 aliphatic carbocycles. The van der Waals surface area contributed by atoms with Gasteiger partial charge in [-0.05, 0) is 36.1 Å². The third kappa shape index (κ3) is 1.49. The van der Waals surface area contributed by atoms with E-state index in [-0.39, 0.29) is 0 Å². The van der Waals surface area contributed by atoms with Gasteiger partial charge in [-0.25, -0.2) is 0 Å². The average molecular weight is 228 g/mol. The average Bonchev–Trinajstić information content (AvgIpc) is 2.85. The van der Waals surface area contributed by atoms with Gasteiger partial charge in [0.25, 0.3) is 0 Å². The van der Waals surface area contributed by atoms with Crippen LogP contribution in [0.4, 0.5) is 0 Å².